The lowest BCUT2D eigenvalue weighted by atomic mass is 9.92. The number of ether oxygens (including phenoxy) is 1. The maximum absolute atomic E-state index is 13.8. The van der Waals surface area contributed by atoms with Gasteiger partial charge in [0.05, 0.1) is 6.10 Å². The Labute approximate surface area is 147 Å². The Kier molecular flexibility index (Phi) is 11.6. The number of rotatable bonds is 8. The second-order valence-electron chi connectivity index (χ2n) is 5.72. The number of carbonyl (C=O) groups excluding carboxylic acids is 2. The van der Waals surface area contributed by atoms with Crippen LogP contribution < -0.4 is 11.1 Å². The van der Waals surface area contributed by atoms with E-state index in [4.69, 9.17) is 15.3 Å². The smallest absolute Gasteiger partial charge is 0.323 e. The molecule has 5 nitrogen and oxygen atoms in total. The Morgan fingerprint density at radius 2 is 1.92 bits per heavy atom. The van der Waals surface area contributed by atoms with Gasteiger partial charge in [0.1, 0.15) is 12.3 Å². The number of likely N-dealkylation sites (N-methyl/N-ethyl adjacent to an activating group) is 1. The van der Waals surface area contributed by atoms with Crippen molar-refractivity contribution in [1.82, 2.24) is 5.32 Å². The molecule has 0 radical (unpaired) electrons. The minimum absolute atomic E-state index is 0.177. The molecule has 1 rings (SSSR count). The fraction of sp³-hybridized carbons (Fsp3) is 0.556. The third-order valence-electron chi connectivity index (χ3n) is 3.49. The van der Waals surface area contributed by atoms with Gasteiger partial charge < -0.3 is 20.6 Å². The third-order valence-corrected chi connectivity index (χ3v) is 3.49. The zero-order valence-electron chi connectivity index (χ0n) is 15.2. The molecule has 7 heteroatoms. The number of hydrogen-bond acceptors (Lipinski definition) is 5. The van der Waals surface area contributed by atoms with E-state index in [0.717, 1.165) is 12.4 Å². The van der Waals surface area contributed by atoms with Gasteiger partial charge in [-0.25, -0.2) is 8.78 Å². The Hall–Kier alpha value is -1.86. The topological polar surface area (TPSA) is 81.4 Å². The van der Waals surface area contributed by atoms with Crippen LogP contribution in [0.25, 0.3) is 0 Å². The Morgan fingerprint density at radius 3 is 2.40 bits per heavy atom. The molecule has 0 bridgehead atoms. The summed E-state index contributed by atoms with van der Waals surface area (Å²) in [5, 5.41) is 2.88. The summed E-state index contributed by atoms with van der Waals surface area (Å²) in [5.74, 6) is -2.46. The number of benzene rings is 1. The van der Waals surface area contributed by atoms with Crippen LogP contribution in [0.2, 0.25) is 0 Å². The quantitative estimate of drug-likeness (QED) is 0.551. The van der Waals surface area contributed by atoms with E-state index in [1.54, 1.807) is 20.9 Å². The van der Waals surface area contributed by atoms with Gasteiger partial charge in [0.2, 0.25) is 0 Å². The molecule has 0 aromatic heterocycles. The molecule has 3 N–H and O–H groups in total. The summed E-state index contributed by atoms with van der Waals surface area (Å²) < 4.78 is 32.3. The van der Waals surface area contributed by atoms with Crippen molar-refractivity contribution in [3.05, 3.63) is 35.4 Å². The largest absolute Gasteiger partial charge is 0.462 e. The fourth-order valence-corrected chi connectivity index (χ4v) is 2.30. The number of halogens is 2. The highest BCUT2D eigenvalue weighted by Crippen LogP contribution is 2.25. The third kappa shape index (κ3) is 8.18. The average molecular weight is 358 g/mol. The van der Waals surface area contributed by atoms with Gasteiger partial charge in [-0.15, -0.1) is 0 Å². The summed E-state index contributed by atoms with van der Waals surface area (Å²) >= 11 is 0. The summed E-state index contributed by atoms with van der Waals surface area (Å²) in [6, 6.07) is 3.56. The summed E-state index contributed by atoms with van der Waals surface area (Å²) in [6.45, 7) is 5.17. The lowest BCUT2D eigenvalue weighted by molar-refractivity contribution is -0.150. The Balaban J connectivity index is 0.00000178. The van der Waals surface area contributed by atoms with Gasteiger partial charge in [-0.3, -0.25) is 4.79 Å². The molecule has 1 aromatic carbocycles. The number of nitrogens with two attached hydrogens (primary N) is 1. The van der Waals surface area contributed by atoms with Crippen molar-refractivity contribution >= 4 is 12.3 Å². The Morgan fingerprint density at radius 1 is 1.32 bits per heavy atom. The van der Waals surface area contributed by atoms with Gasteiger partial charge in [0, 0.05) is 0 Å². The molecule has 1 aromatic rings. The zero-order chi connectivity index (χ0) is 19.4. The Bertz CT molecular complexity index is 539. The van der Waals surface area contributed by atoms with Crippen LogP contribution in [0.5, 0.6) is 0 Å². The first-order valence-electron chi connectivity index (χ1n) is 8.23. The fourth-order valence-electron chi connectivity index (χ4n) is 2.30. The van der Waals surface area contributed by atoms with Gasteiger partial charge >= 0.3 is 5.97 Å². The van der Waals surface area contributed by atoms with E-state index >= 15 is 0 Å². The summed E-state index contributed by atoms with van der Waals surface area (Å²) in [7, 11) is 1.66. The minimum Gasteiger partial charge on any atom is -0.462 e. The molecule has 0 fully saturated rings. The number of carbonyl (C=O) groups is 2. The van der Waals surface area contributed by atoms with E-state index in [-0.39, 0.29) is 30.1 Å². The summed E-state index contributed by atoms with van der Waals surface area (Å²) in [4.78, 5) is 20.7. The molecule has 25 heavy (non-hydrogen) atoms. The molecule has 0 aliphatic carbocycles. The van der Waals surface area contributed by atoms with Crippen molar-refractivity contribution in [3.8, 4) is 0 Å². The number of hydrogen-bond donors (Lipinski definition) is 2. The molecular formula is C18H28F2N2O3. The van der Waals surface area contributed by atoms with E-state index in [9.17, 15) is 13.6 Å². The van der Waals surface area contributed by atoms with Crippen molar-refractivity contribution in [2.24, 2.45) is 5.73 Å². The van der Waals surface area contributed by atoms with Gasteiger partial charge in [-0.2, -0.15) is 0 Å². The first-order chi connectivity index (χ1) is 11.8. The number of nitrogens with one attached hydrogen (secondary N) is 1. The standard InChI is InChI=1S/C16H24F2N2O2.C2H4O/c1-10(2)22-16(21)14(20-3)8-7-11(9-19)12-5-4-6-13(17)15(12)18;1-2-3/h4-6,10-11,14,20H,7-9,19H2,1-3H3;2H,1H3. The van der Waals surface area contributed by atoms with E-state index < -0.39 is 17.7 Å². The molecule has 0 amide bonds. The molecule has 0 spiro atoms. The van der Waals surface area contributed by atoms with Crippen LogP contribution in [0, 0.1) is 11.6 Å². The highest BCUT2D eigenvalue weighted by Gasteiger charge is 2.23. The van der Waals surface area contributed by atoms with E-state index in [0.29, 0.717) is 12.8 Å². The van der Waals surface area contributed by atoms with Crippen LogP contribution in [-0.2, 0) is 14.3 Å². The summed E-state index contributed by atoms with van der Waals surface area (Å²) in [6.07, 6.45) is 1.43. The molecule has 142 valence electrons. The summed E-state index contributed by atoms with van der Waals surface area (Å²) in [5.41, 5.74) is 5.93. The van der Waals surface area contributed by atoms with E-state index in [1.807, 2.05) is 0 Å². The monoisotopic (exact) mass is 358 g/mol. The van der Waals surface area contributed by atoms with Crippen LogP contribution in [0.15, 0.2) is 18.2 Å². The van der Waals surface area contributed by atoms with Crippen LogP contribution in [-0.4, -0.2) is 38.0 Å². The lowest BCUT2D eigenvalue weighted by Gasteiger charge is -2.21. The predicted octanol–water partition coefficient (Wildman–Crippen LogP) is 2.53. The SMILES string of the molecule is CC=O.CNC(CCC(CN)c1cccc(F)c1F)C(=O)OC(C)C. The van der Waals surface area contributed by atoms with Gasteiger partial charge in [0.25, 0.3) is 0 Å². The van der Waals surface area contributed by atoms with Gasteiger partial charge in [-0.05, 0) is 64.8 Å². The number of aldehydes is 1. The van der Waals surface area contributed by atoms with E-state index in [2.05, 4.69) is 5.32 Å². The zero-order valence-corrected chi connectivity index (χ0v) is 15.2. The molecule has 2 unspecified atom stereocenters. The minimum atomic E-state index is -0.889. The van der Waals surface area contributed by atoms with Crippen molar-refractivity contribution in [3.63, 3.8) is 0 Å². The van der Waals surface area contributed by atoms with Crippen LogP contribution in [0.3, 0.4) is 0 Å². The molecular weight excluding hydrogens is 330 g/mol. The van der Waals surface area contributed by atoms with Crippen molar-refractivity contribution in [2.75, 3.05) is 13.6 Å². The second-order valence-corrected chi connectivity index (χ2v) is 5.72. The van der Waals surface area contributed by atoms with Crippen LogP contribution in [0.4, 0.5) is 8.78 Å². The molecule has 0 aliphatic heterocycles. The highest BCUT2D eigenvalue weighted by atomic mass is 19.2. The normalized spacial score (nSPS) is 12.8. The maximum atomic E-state index is 13.8. The second kappa shape index (κ2) is 12.5. The molecule has 0 saturated carbocycles. The average Bonchev–Trinajstić information content (AvgIpc) is 2.55. The van der Waals surface area contributed by atoms with E-state index in [1.165, 1.54) is 19.1 Å². The first kappa shape index (κ1) is 23.1. The van der Waals surface area contributed by atoms with Crippen molar-refractivity contribution < 1.29 is 23.1 Å². The van der Waals surface area contributed by atoms with Crippen molar-refractivity contribution in [2.45, 2.75) is 51.7 Å². The van der Waals surface area contributed by atoms with Gasteiger partial charge in [-0.1, -0.05) is 12.1 Å². The maximum Gasteiger partial charge on any atom is 0.323 e. The lowest BCUT2D eigenvalue weighted by Crippen LogP contribution is -2.37. The molecule has 0 saturated heterocycles. The predicted molar refractivity (Wildman–Crippen MR) is 93.2 cm³/mol. The molecule has 0 aliphatic rings. The van der Waals surface area contributed by atoms with Crippen LogP contribution in [0.1, 0.15) is 45.1 Å². The van der Waals surface area contributed by atoms with Crippen LogP contribution >= 0.6 is 0 Å². The van der Waals surface area contributed by atoms with Gasteiger partial charge in [0.15, 0.2) is 11.6 Å². The first-order valence-corrected chi connectivity index (χ1v) is 8.23. The molecule has 2 atom stereocenters. The van der Waals surface area contributed by atoms with Crippen molar-refractivity contribution in [1.29, 1.82) is 0 Å². The number of esters is 1. The molecule has 0 heterocycles. The highest BCUT2D eigenvalue weighted by molar-refractivity contribution is 5.75.